The molecule has 1 saturated heterocycles. The van der Waals surface area contributed by atoms with E-state index in [1.165, 1.54) is 0 Å². The lowest BCUT2D eigenvalue weighted by Crippen LogP contribution is -2.46. The van der Waals surface area contributed by atoms with Crippen LogP contribution in [-0.2, 0) is 4.79 Å². The highest BCUT2D eigenvalue weighted by atomic mass is 16.5. The van der Waals surface area contributed by atoms with E-state index in [-0.39, 0.29) is 18.6 Å². The van der Waals surface area contributed by atoms with E-state index in [0.717, 1.165) is 31.7 Å². The number of nitrogens with two attached hydrogens (primary N) is 1. The number of hydrogen-bond acceptors (Lipinski definition) is 4. The maximum Gasteiger partial charge on any atom is 0.260 e. The average Bonchev–Trinajstić information content (AvgIpc) is 2.53. The largest absolute Gasteiger partial charge is 0.497 e. The van der Waals surface area contributed by atoms with Crippen molar-refractivity contribution in [3.05, 3.63) is 24.3 Å². The van der Waals surface area contributed by atoms with E-state index in [9.17, 15) is 4.79 Å². The Labute approximate surface area is 126 Å². The number of rotatable bonds is 5. The summed E-state index contributed by atoms with van der Waals surface area (Å²) in [4.78, 5) is 14.1. The topological polar surface area (TPSA) is 64.8 Å². The second-order valence-electron chi connectivity index (χ2n) is 5.57. The lowest BCUT2D eigenvalue weighted by Gasteiger charge is -2.34. The molecule has 21 heavy (non-hydrogen) atoms. The van der Waals surface area contributed by atoms with Gasteiger partial charge in [0.25, 0.3) is 5.91 Å². The number of ether oxygens (including phenoxy) is 2. The molecule has 0 aromatic heterocycles. The maximum absolute atomic E-state index is 12.2. The van der Waals surface area contributed by atoms with Crippen LogP contribution >= 0.6 is 0 Å². The van der Waals surface area contributed by atoms with Crippen LogP contribution < -0.4 is 15.2 Å². The predicted octanol–water partition coefficient (Wildman–Crippen LogP) is 1.66. The standard InChI is InChI=1S/C16H24N2O3/c1-12(17)13-5-4-8-18(10-13)16(19)11-21-15-7-3-6-14(9-15)20-2/h3,6-7,9,12-13H,4-5,8,10-11,17H2,1-2H3/t12-,13-/m0/s1. The Morgan fingerprint density at radius 3 is 2.95 bits per heavy atom. The van der Waals surface area contributed by atoms with Crippen LogP contribution in [0.2, 0.25) is 0 Å². The molecule has 0 unspecified atom stereocenters. The smallest absolute Gasteiger partial charge is 0.260 e. The van der Waals surface area contributed by atoms with Crippen molar-refractivity contribution in [3.8, 4) is 11.5 Å². The van der Waals surface area contributed by atoms with Crippen LogP contribution in [0.15, 0.2) is 24.3 Å². The summed E-state index contributed by atoms with van der Waals surface area (Å²) in [7, 11) is 1.60. The molecule has 1 aromatic rings. The van der Waals surface area contributed by atoms with Gasteiger partial charge in [-0.15, -0.1) is 0 Å². The van der Waals surface area contributed by atoms with Gasteiger partial charge in [0.05, 0.1) is 7.11 Å². The highest BCUT2D eigenvalue weighted by Gasteiger charge is 2.25. The van der Waals surface area contributed by atoms with Gasteiger partial charge >= 0.3 is 0 Å². The Kier molecular flexibility index (Phi) is 5.44. The summed E-state index contributed by atoms with van der Waals surface area (Å²) < 4.78 is 10.7. The van der Waals surface area contributed by atoms with E-state index in [1.807, 2.05) is 30.0 Å². The minimum absolute atomic E-state index is 0.0168. The van der Waals surface area contributed by atoms with Crippen LogP contribution in [0.1, 0.15) is 19.8 Å². The summed E-state index contributed by atoms with van der Waals surface area (Å²) >= 11 is 0. The Bertz CT molecular complexity index is 476. The van der Waals surface area contributed by atoms with E-state index >= 15 is 0 Å². The first kappa shape index (κ1) is 15.6. The predicted molar refractivity (Wildman–Crippen MR) is 81.4 cm³/mol. The third-order valence-corrected chi connectivity index (χ3v) is 3.96. The van der Waals surface area contributed by atoms with Gasteiger partial charge in [-0.05, 0) is 37.8 Å². The quantitative estimate of drug-likeness (QED) is 0.896. The molecule has 116 valence electrons. The molecule has 1 heterocycles. The molecule has 0 radical (unpaired) electrons. The molecule has 2 rings (SSSR count). The van der Waals surface area contributed by atoms with Crippen LogP contribution in [0, 0.1) is 5.92 Å². The fraction of sp³-hybridized carbons (Fsp3) is 0.562. The van der Waals surface area contributed by atoms with Crippen molar-refractivity contribution >= 4 is 5.91 Å². The number of methoxy groups -OCH3 is 1. The van der Waals surface area contributed by atoms with Crippen molar-refractivity contribution in [1.82, 2.24) is 4.90 Å². The normalized spacial score (nSPS) is 20.0. The molecule has 1 aliphatic heterocycles. The molecule has 5 nitrogen and oxygen atoms in total. The third-order valence-electron chi connectivity index (χ3n) is 3.96. The first-order valence-electron chi connectivity index (χ1n) is 7.40. The van der Waals surface area contributed by atoms with Gasteiger partial charge in [-0.2, -0.15) is 0 Å². The van der Waals surface area contributed by atoms with Crippen LogP contribution in [-0.4, -0.2) is 43.7 Å². The molecule has 2 atom stereocenters. The lowest BCUT2D eigenvalue weighted by molar-refractivity contribution is -0.135. The van der Waals surface area contributed by atoms with E-state index in [0.29, 0.717) is 11.7 Å². The summed E-state index contributed by atoms with van der Waals surface area (Å²) in [6, 6.07) is 7.39. The summed E-state index contributed by atoms with van der Waals surface area (Å²) in [6.45, 7) is 3.59. The molecule has 0 spiro atoms. The third kappa shape index (κ3) is 4.36. The van der Waals surface area contributed by atoms with Crippen LogP contribution in [0.3, 0.4) is 0 Å². The Morgan fingerprint density at radius 1 is 1.48 bits per heavy atom. The second kappa shape index (κ2) is 7.31. The number of piperidine rings is 1. The molecule has 2 N–H and O–H groups in total. The number of amides is 1. The molecular formula is C16H24N2O3. The number of carbonyl (C=O) groups is 1. The summed E-state index contributed by atoms with van der Waals surface area (Å²) in [6.07, 6.45) is 2.11. The number of hydrogen-bond donors (Lipinski definition) is 1. The van der Waals surface area contributed by atoms with Gasteiger partial charge in [0.2, 0.25) is 0 Å². The second-order valence-corrected chi connectivity index (χ2v) is 5.57. The zero-order valence-corrected chi connectivity index (χ0v) is 12.7. The molecule has 1 amide bonds. The zero-order valence-electron chi connectivity index (χ0n) is 12.7. The molecular weight excluding hydrogens is 268 g/mol. The highest BCUT2D eigenvalue weighted by molar-refractivity contribution is 5.77. The minimum atomic E-state index is 0.0168. The Balaban J connectivity index is 1.86. The number of carbonyl (C=O) groups excluding carboxylic acids is 1. The number of likely N-dealkylation sites (tertiary alicyclic amines) is 1. The average molecular weight is 292 g/mol. The zero-order chi connectivity index (χ0) is 15.2. The minimum Gasteiger partial charge on any atom is -0.497 e. The first-order chi connectivity index (χ1) is 10.1. The van der Waals surface area contributed by atoms with E-state index in [2.05, 4.69) is 0 Å². The van der Waals surface area contributed by atoms with Gasteiger partial charge in [-0.1, -0.05) is 6.07 Å². The van der Waals surface area contributed by atoms with E-state index in [1.54, 1.807) is 13.2 Å². The Morgan fingerprint density at radius 2 is 2.24 bits per heavy atom. The van der Waals surface area contributed by atoms with Gasteiger partial charge in [0.15, 0.2) is 6.61 Å². The summed E-state index contributed by atoms with van der Waals surface area (Å²) in [5, 5.41) is 0. The van der Waals surface area contributed by atoms with Gasteiger partial charge in [0, 0.05) is 25.2 Å². The number of benzene rings is 1. The Hall–Kier alpha value is -1.75. The molecule has 0 bridgehead atoms. The summed E-state index contributed by atoms with van der Waals surface area (Å²) in [5.74, 6) is 1.76. The van der Waals surface area contributed by atoms with Crippen molar-refractivity contribution in [3.63, 3.8) is 0 Å². The maximum atomic E-state index is 12.2. The van der Waals surface area contributed by atoms with Crippen LogP contribution in [0.4, 0.5) is 0 Å². The van der Waals surface area contributed by atoms with Gasteiger partial charge in [-0.25, -0.2) is 0 Å². The highest BCUT2D eigenvalue weighted by Crippen LogP contribution is 2.21. The van der Waals surface area contributed by atoms with Crippen molar-refractivity contribution in [2.75, 3.05) is 26.8 Å². The summed E-state index contributed by atoms with van der Waals surface area (Å²) in [5.41, 5.74) is 5.94. The molecule has 0 saturated carbocycles. The monoisotopic (exact) mass is 292 g/mol. The van der Waals surface area contributed by atoms with Crippen LogP contribution in [0.25, 0.3) is 0 Å². The fourth-order valence-corrected chi connectivity index (χ4v) is 2.59. The SMILES string of the molecule is COc1cccc(OCC(=O)N2CCC[C@H]([C@H](C)N)C2)c1. The van der Waals surface area contributed by atoms with Gasteiger partial charge in [0.1, 0.15) is 11.5 Å². The van der Waals surface area contributed by atoms with Gasteiger partial charge < -0.3 is 20.1 Å². The lowest BCUT2D eigenvalue weighted by atomic mass is 9.92. The molecule has 5 heteroatoms. The first-order valence-corrected chi connectivity index (χ1v) is 7.40. The van der Waals surface area contributed by atoms with Gasteiger partial charge in [-0.3, -0.25) is 4.79 Å². The molecule has 1 aromatic carbocycles. The van der Waals surface area contributed by atoms with Crippen molar-refractivity contribution < 1.29 is 14.3 Å². The molecule has 1 fully saturated rings. The van der Waals surface area contributed by atoms with E-state index < -0.39 is 0 Å². The fourth-order valence-electron chi connectivity index (χ4n) is 2.59. The van der Waals surface area contributed by atoms with Crippen molar-refractivity contribution in [1.29, 1.82) is 0 Å². The molecule has 0 aliphatic carbocycles. The number of nitrogens with zero attached hydrogens (tertiary/aromatic N) is 1. The van der Waals surface area contributed by atoms with Crippen molar-refractivity contribution in [2.45, 2.75) is 25.8 Å². The van der Waals surface area contributed by atoms with Crippen molar-refractivity contribution in [2.24, 2.45) is 11.7 Å². The molecule has 1 aliphatic rings. The van der Waals surface area contributed by atoms with Crippen LogP contribution in [0.5, 0.6) is 11.5 Å². The van der Waals surface area contributed by atoms with E-state index in [4.69, 9.17) is 15.2 Å².